The molecule has 4 rings (SSSR count). The molecule has 0 aromatic heterocycles. The lowest BCUT2D eigenvalue weighted by atomic mass is 9.43. The predicted octanol–water partition coefficient (Wildman–Crippen LogP) is 3.10. The quantitative estimate of drug-likeness (QED) is 0.808. The molecule has 2 N–H and O–H groups in total. The zero-order valence-electron chi connectivity index (χ0n) is 12.5. The van der Waals surface area contributed by atoms with Gasteiger partial charge >= 0.3 is 0 Å². The van der Waals surface area contributed by atoms with E-state index in [0.29, 0.717) is 16.4 Å². The minimum Gasteiger partial charge on any atom is -0.389 e. The second-order valence-electron chi connectivity index (χ2n) is 9.08. The van der Waals surface area contributed by atoms with Crippen LogP contribution in [0.1, 0.15) is 66.2 Å². The van der Waals surface area contributed by atoms with Crippen molar-refractivity contribution < 1.29 is 5.11 Å². The van der Waals surface area contributed by atoms with Crippen molar-refractivity contribution in [2.75, 3.05) is 6.54 Å². The first-order chi connectivity index (χ1) is 8.11. The van der Waals surface area contributed by atoms with Gasteiger partial charge in [0.15, 0.2) is 0 Å². The maximum absolute atomic E-state index is 9.99. The van der Waals surface area contributed by atoms with Gasteiger partial charge < -0.3 is 10.4 Å². The standard InChI is InChI=1S/C16H29NO/c1-13(2,18)11-17-16-7-12-5-14(3,9-16)8-15(4,6-12)10-16/h12,17-18H,5-11H2,1-4H3. The third-order valence-electron chi connectivity index (χ3n) is 5.52. The first-order valence-corrected chi connectivity index (χ1v) is 7.59. The summed E-state index contributed by atoms with van der Waals surface area (Å²) in [6, 6.07) is 0. The zero-order valence-corrected chi connectivity index (χ0v) is 12.5. The van der Waals surface area contributed by atoms with Crippen LogP contribution in [0.25, 0.3) is 0 Å². The summed E-state index contributed by atoms with van der Waals surface area (Å²) >= 11 is 0. The van der Waals surface area contributed by atoms with E-state index < -0.39 is 5.60 Å². The first-order valence-electron chi connectivity index (χ1n) is 7.59. The van der Waals surface area contributed by atoms with Gasteiger partial charge in [-0.3, -0.25) is 0 Å². The first kappa shape index (κ1) is 12.9. The topological polar surface area (TPSA) is 32.3 Å². The number of rotatable bonds is 3. The monoisotopic (exact) mass is 251 g/mol. The fraction of sp³-hybridized carbons (Fsp3) is 1.00. The van der Waals surface area contributed by atoms with E-state index in [1.807, 2.05) is 13.8 Å². The van der Waals surface area contributed by atoms with Crippen LogP contribution in [0.2, 0.25) is 0 Å². The Morgan fingerprint density at radius 3 is 2.06 bits per heavy atom. The normalized spacial score (nSPS) is 50.8. The maximum Gasteiger partial charge on any atom is 0.0715 e. The average molecular weight is 251 g/mol. The fourth-order valence-electron chi connectivity index (χ4n) is 6.05. The van der Waals surface area contributed by atoms with E-state index in [9.17, 15) is 5.11 Å². The highest BCUT2D eigenvalue weighted by Crippen LogP contribution is 2.66. The molecule has 4 saturated carbocycles. The largest absolute Gasteiger partial charge is 0.389 e. The van der Waals surface area contributed by atoms with Gasteiger partial charge in [-0.1, -0.05) is 13.8 Å². The van der Waals surface area contributed by atoms with E-state index in [-0.39, 0.29) is 0 Å². The van der Waals surface area contributed by atoms with E-state index in [2.05, 4.69) is 19.2 Å². The molecule has 0 aromatic rings. The minimum atomic E-state index is -0.592. The number of hydrogen-bond donors (Lipinski definition) is 2. The highest BCUT2D eigenvalue weighted by atomic mass is 16.3. The molecule has 4 bridgehead atoms. The maximum atomic E-state index is 9.99. The minimum absolute atomic E-state index is 0.322. The SMILES string of the molecule is CC(C)(O)CNC12CC3CC(C)(CC(C)(C3)C1)C2. The summed E-state index contributed by atoms with van der Waals surface area (Å²) in [6.45, 7) is 9.53. The molecule has 4 aliphatic rings. The van der Waals surface area contributed by atoms with Crippen LogP contribution >= 0.6 is 0 Å². The average Bonchev–Trinajstić information content (AvgIpc) is 2.07. The zero-order chi connectivity index (χ0) is 13.2. The van der Waals surface area contributed by atoms with Crippen molar-refractivity contribution in [1.29, 1.82) is 0 Å². The van der Waals surface area contributed by atoms with E-state index in [0.717, 1.165) is 12.5 Å². The lowest BCUT2D eigenvalue weighted by Gasteiger charge is -2.65. The Morgan fingerprint density at radius 2 is 1.61 bits per heavy atom. The van der Waals surface area contributed by atoms with Crippen LogP contribution in [-0.4, -0.2) is 22.8 Å². The highest BCUT2D eigenvalue weighted by Gasteiger charge is 2.59. The Balaban J connectivity index is 1.81. The van der Waals surface area contributed by atoms with Crippen LogP contribution in [0.5, 0.6) is 0 Å². The molecule has 2 unspecified atom stereocenters. The van der Waals surface area contributed by atoms with E-state index in [4.69, 9.17) is 0 Å². The second-order valence-corrected chi connectivity index (χ2v) is 9.08. The third-order valence-corrected chi connectivity index (χ3v) is 5.52. The van der Waals surface area contributed by atoms with E-state index in [1.54, 1.807) is 0 Å². The lowest BCUT2D eigenvalue weighted by molar-refractivity contribution is -0.121. The van der Waals surface area contributed by atoms with Crippen LogP contribution in [-0.2, 0) is 0 Å². The molecule has 0 spiro atoms. The van der Waals surface area contributed by atoms with Crippen molar-refractivity contribution in [3.63, 3.8) is 0 Å². The summed E-state index contributed by atoms with van der Waals surface area (Å²) in [7, 11) is 0. The van der Waals surface area contributed by atoms with Gasteiger partial charge in [0.25, 0.3) is 0 Å². The van der Waals surface area contributed by atoms with Crippen molar-refractivity contribution in [2.24, 2.45) is 16.7 Å². The molecule has 4 fully saturated rings. The van der Waals surface area contributed by atoms with Crippen LogP contribution < -0.4 is 5.32 Å². The number of aliphatic hydroxyl groups is 1. The molecule has 18 heavy (non-hydrogen) atoms. The van der Waals surface area contributed by atoms with Crippen LogP contribution in [0.15, 0.2) is 0 Å². The summed E-state index contributed by atoms with van der Waals surface area (Å²) in [5.41, 5.74) is 0.843. The Morgan fingerprint density at radius 1 is 1.06 bits per heavy atom. The van der Waals surface area contributed by atoms with E-state index in [1.165, 1.54) is 38.5 Å². The predicted molar refractivity (Wildman–Crippen MR) is 74.4 cm³/mol. The third kappa shape index (κ3) is 2.22. The van der Waals surface area contributed by atoms with Gasteiger partial charge in [0.05, 0.1) is 5.60 Å². The lowest BCUT2D eigenvalue weighted by Crippen LogP contribution is -2.65. The second kappa shape index (κ2) is 3.52. The summed E-state index contributed by atoms with van der Waals surface area (Å²) in [5, 5.41) is 13.8. The van der Waals surface area contributed by atoms with Crippen molar-refractivity contribution in [1.82, 2.24) is 5.32 Å². The molecule has 0 amide bonds. The summed E-state index contributed by atoms with van der Waals surface area (Å²) in [6.07, 6.45) is 8.28. The number of hydrogen-bond acceptors (Lipinski definition) is 2. The van der Waals surface area contributed by atoms with Crippen molar-refractivity contribution in [3.05, 3.63) is 0 Å². The van der Waals surface area contributed by atoms with Crippen LogP contribution in [0, 0.1) is 16.7 Å². The molecule has 0 heterocycles. The Bertz CT molecular complexity index is 339. The molecular formula is C16H29NO. The smallest absolute Gasteiger partial charge is 0.0715 e. The Labute approximate surface area is 112 Å². The van der Waals surface area contributed by atoms with E-state index >= 15 is 0 Å². The molecule has 0 aliphatic heterocycles. The molecule has 0 saturated heterocycles. The Kier molecular flexibility index (Phi) is 2.53. The highest BCUT2D eigenvalue weighted by molar-refractivity contribution is 5.14. The number of β-amino-alcohol motifs (C(OH)–C–C–N with tert-alkyl or cyclic N) is 1. The van der Waals surface area contributed by atoms with Gasteiger partial charge in [-0.05, 0) is 69.1 Å². The fourth-order valence-corrected chi connectivity index (χ4v) is 6.05. The summed E-state index contributed by atoms with van der Waals surface area (Å²) in [5.74, 6) is 0.922. The van der Waals surface area contributed by atoms with Crippen LogP contribution in [0.4, 0.5) is 0 Å². The van der Waals surface area contributed by atoms with Crippen molar-refractivity contribution >= 4 is 0 Å². The number of nitrogens with one attached hydrogen (secondary N) is 1. The van der Waals surface area contributed by atoms with Gasteiger partial charge in [-0.2, -0.15) is 0 Å². The summed E-state index contributed by atoms with van der Waals surface area (Å²) < 4.78 is 0. The molecule has 2 atom stereocenters. The van der Waals surface area contributed by atoms with Gasteiger partial charge in [0.2, 0.25) is 0 Å². The molecule has 0 radical (unpaired) electrons. The Hall–Kier alpha value is -0.0800. The van der Waals surface area contributed by atoms with Gasteiger partial charge in [-0.15, -0.1) is 0 Å². The van der Waals surface area contributed by atoms with Crippen LogP contribution in [0.3, 0.4) is 0 Å². The molecule has 0 aromatic carbocycles. The molecule has 4 aliphatic carbocycles. The van der Waals surface area contributed by atoms with Crippen molar-refractivity contribution in [2.45, 2.75) is 77.4 Å². The van der Waals surface area contributed by atoms with Gasteiger partial charge in [0, 0.05) is 12.1 Å². The van der Waals surface area contributed by atoms with Crippen molar-refractivity contribution in [3.8, 4) is 0 Å². The molecule has 104 valence electrons. The molecule has 2 nitrogen and oxygen atoms in total. The molecule has 2 heteroatoms. The molecular weight excluding hydrogens is 222 g/mol. The summed E-state index contributed by atoms with van der Waals surface area (Å²) in [4.78, 5) is 0. The van der Waals surface area contributed by atoms with Gasteiger partial charge in [0.1, 0.15) is 0 Å². The van der Waals surface area contributed by atoms with Gasteiger partial charge in [-0.25, -0.2) is 0 Å².